The predicted molar refractivity (Wildman–Crippen MR) is 75.9 cm³/mol. The van der Waals surface area contributed by atoms with Crippen LogP contribution in [0.5, 0.6) is 0 Å². The van der Waals surface area contributed by atoms with Crippen molar-refractivity contribution < 1.29 is 0 Å². The van der Waals surface area contributed by atoms with Crippen LogP contribution in [0.15, 0.2) is 54.9 Å². The maximum Gasteiger partial charge on any atom is 0.145 e. The quantitative estimate of drug-likeness (QED) is 0.718. The highest BCUT2D eigenvalue weighted by Gasteiger charge is 2.08. The molecule has 0 aliphatic rings. The van der Waals surface area contributed by atoms with Gasteiger partial charge in [-0.3, -0.25) is 4.57 Å². The summed E-state index contributed by atoms with van der Waals surface area (Å²) in [6.07, 6.45) is 3.52. The predicted octanol–water partition coefficient (Wildman–Crippen LogP) is 2.39. The van der Waals surface area contributed by atoms with Gasteiger partial charge in [-0.25, -0.2) is 9.97 Å². The Balaban J connectivity index is 2.10. The minimum Gasteiger partial charge on any atom is -0.399 e. The van der Waals surface area contributed by atoms with E-state index in [0.717, 1.165) is 11.4 Å². The lowest BCUT2D eigenvalue weighted by molar-refractivity contribution is 0.995. The Morgan fingerprint density at radius 3 is 2.65 bits per heavy atom. The Labute approximate surface area is 116 Å². The monoisotopic (exact) mass is 261 g/mol. The molecule has 0 radical (unpaired) electrons. The van der Waals surface area contributed by atoms with Gasteiger partial charge in [0.25, 0.3) is 0 Å². The van der Waals surface area contributed by atoms with Gasteiger partial charge in [0.2, 0.25) is 0 Å². The molecule has 3 aromatic rings. The Kier molecular flexibility index (Phi) is 2.90. The van der Waals surface area contributed by atoms with E-state index in [0.29, 0.717) is 17.2 Å². The summed E-state index contributed by atoms with van der Waals surface area (Å²) in [5, 5.41) is 8.93. The fraction of sp³-hybridized carbons (Fsp3) is 0. The third kappa shape index (κ3) is 2.10. The summed E-state index contributed by atoms with van der Waals surface area (Å²) in [6, 6.07) is 14.8. The van der Waals surface area contributed by atoms with E-state index in [9.17, 15) is 0 Å². The molecule has 0 fully saturated rings. The number of nitrogens with zero attached hydrogens (tertiary/aromatic N) is 4. The van der Waals surface area contributed by atoms with Crippen LogP contribution in [0.25, 0.3) is 17.2 Å². The van der Waals surface area contributed by atoms with Gasteiger partial charge in [-0.2, -0.15) is 5.26 Å². The molecule has 2 heterocycles. The third-order valence-corrected chi connectivity index (χ3v) is 2.91. The van der Waals surface area contributed by atoms with Crippen LogP contribution < -0.4 is 5.73 Å². The highest BCUT2D eigenvalue weighted by molar-refractivity contribution is 5.61. The van der Waals surface area contributed by atoms with Crippen LogP contribution in [0.1, 0.15) is 5.69 Å². The number of hydrogen-bond acceptors (Lipinski definition) is 4. The average Bonchev–Trinajstić information content (AvgIpc) is 2.97. The summed E-state index contributed by atoms with van der Waals surface area (Å²) in [5.41, 5.74) is 7.71. The lowest BCUT2D eigenvalue weighted by Gasteiger charge is -2.07. The molecule has 0 atom stereocenters. The maximum atomic E-state index is 8.93. The normalized spacial score (nSPS) is 10.2. The highest BCUT2D eigenvalue weighted by atomic mass is 15.1. The number of nitriles is 1. The zero-order chi connectivity index (χ0) is 13.9. The van der Waals surface area contributed by atoms with Gasteiger partial charge >= 0.3 is 0 Å². The summed E-state index contributed by atoms with van der Waals surface area (Å²) in [4.78, 5) is 8.62. The first-order valence-electron chi connectivity index (χ1n) is 6.05. The maximum absolute atomic E-state index is 8.93. The summed E-state index contributed by atoms with van der Waals surface area (Å²) in [7, 11) is 0. The van der Waals surface area contributed by atoms with E-state index in [1.54, 1.807) is 18.3 Å². The molecule has 0 saturated carbocycles. The van der Waals surface area contributed by atoms with Gasteiger partial charge in [0.05, 0.1) is 0 Å². The molecular formula is C15H11N5. The Morgan fingerprint density at radius 2 is 1.90 bits per heavy atom. The van der Waals surface area contributed by atoms with Crippen molar-refractivity contribution in [3.63, 3.8) is 0 Å². The molecule has 2 aromatic heterocycles. The summed E-state index contributed by atoms with van der Waals surface area (Å²) in [5.74, 6) is 1.42. The second-order valence-corrected chi connectivity index (χ2v) is 4.24. The molecule has 5 heteroatoms. The van der Waals surface area contributed by atoms with Gasteiger partial charge < -0.3 is 5.73 Å². The molecule has 0 spiro atoms. The molecule has 2 N–H and O–H groups in total. The van der Waals surface area contributed by atoms with E-state index in [-0.39, 0.29) is 0 Å². The highest BCUT2D eigenvalue weighted by Crippen LogP contribution is 2.21. The number of imidazole rings is 1. The SMILES string of the molecule is N#Cc1cccc(-n2ccnc2-c2ccc(N)cc2)n1. The number of nitrogen functional groups attached to an aromatic ring is 1. The van der Waals surface area contributed by atoms with E-state index in [1.165, 1.54) is 0 Å². The first kappa shape index (κ1) is 11.9. The van der Waals surface area contributed by atoms with Gasteiger partial charge in [0, 0.05) is 23.6 Å². The van der Waals surface area contributed by atoms with Crippen molar-refractivity contribution in [2.45, 2.75) is 0 Å². The third-order valence-electron chi connectivity index (χ3n) is 2.91. The van der Waals surface area contributed by atoms with E-state index >= 15 is 0 Å². The first-order valence-corrected chi connectivity index (χ1v) is 6.05. The van der Waals surface area contributed by atoms with Crippen LogP contribution >= 0.6 is 0 Å². The second kappa shape index (κ2) is 4.86. The van der Waals surface area contributed by atoms with Crippen LogP contribution in [0.2, 0.25) is 0 Å². The summed E-state index contributed by atoms with van der Waals surface area (Å²) in [6.45, 7) is 0. The van der Waals surface area contributed by atoms with Gasteiger partial charge in [-0.1, -0.05) is 6.07 Å². The molecule has 0 saturated heterocycles. The lowest BCUT2D eigenvalue weighted by atomic mass is 10.2. The van der Waals surface area contributed by atoms with Crippen LogP contribution in [0, 0.1) is 11.3 Å². The zero-order valence-corrected chi connectivity index (χ0v) is 10.6. The van der Waals surface area contributed by atoms with Gasteiger partial charge in [-0.05, 0) is 36.4 Å². The molecule has 0 aliphatic heterocycles. The van der Waals surface area contributed by atoms with Crippen molar-refractivity contribution in [1.29, 1.82) is 5.26 Å². The molecule has 0 unspecified atom stereocenters. The smallest absolute Gasteiger partial charge is 0.145 e. The first-order chi connectivity index (χ1) is 9.78. The van der Waals surface area contributed by atoms with Gasteiger partial charge in [-0.15, -0.1) is 0 Å². The van der Waals surface area contributed by atoms with Crippen LogP contribution in [-0.2, 0) is 0 Å². The largest absolute Gasteiger partial charge is 0.399 e. The molecule has 0 aliphatic carbocycles. The second-order valence-electron chi connectivity index (χ2n) is 4.24. The van der Waals surface area contributed by atoms with Crippen molar-refractivity contribution >= 4 is 5.69 Å². The molecule has 3 rings (SSSR count). The number of hydrogen-bond donors (Lipinski definition) is 1. The van der Waals surface area contributed by atoms with Crippen LogP contribution in [-0.4, -0.2) is 14.5 Å². The molecule has 1 aromatic carbocycles. The number of rotatable bonds is 2. The van der Waals surface area contributed by atoms with Crippen molar-refractivity contribution in [2.75, 3.05) is 5.73 Å². The number of nitrogens with two attached hydrogens (primary N) is 1. The molecule has 20 heavy (non-hydrogen) atoms. The van der Waals surface area contributed by atoms with Crippen molar-refractivity contribution in [2.24, 2.45) is 0 Å². The van der Waals surface area contributed by atoms with E-state index in [2.05, 4.69) is 9.97 Å². The lowest BCUT2D eigenvalue weighted by Crippen LogP contribution is -2.00. The number of benzene rings is 1. The number of pyridine rings is 1. The standard InChI is InChI=1S/C15H11N5/c16-10-13-2-1-3-14(19-13)20-9-8-18-15(20)11-4-6-12(17)7-5-11/h1-9H,17H2. The minimum absolute atomic E-state index is 0.374. The Morgan fingerprint density at radius 1 is 1.10 bits per heavy atom. The van der Waals surface area contributed by atoms with Gasteiger partial charge in [0.1, 0.15) is 23.4 Å². The average molecular weight is 261 g/mol. The fourth-order valence-electron chi connectivity index (χ4n) is 1.95. The topological polar surface area (TPSA) is 80.5 Å². The molecule has 96 valence electrons. The number of anilines is 1. The van der Waals surface area contributed by atoms with E-state index in [1.807, 2.05) is 47.2 Å². The van der Waals surface area contributed by atoms with Crippen LogP contribution in [0.4, 0.5) is 5.69 Å². The van der Waals surface area contributed by atoms with Crippen molar-refractivity contribution in [3.05, 3.63) is 60.6 Å². The number of aromatic nitrogens is 3. The van der Waals surface area contributed by atoms with Crippen molar-refractivity contribution in [1.82, 2.24) is 14.5 Å². The fourth-order valence-corrected chi connectivity index (χ4v) is 1.95. The van der Waals surface area contributed by atoms with Crippen molar-refractivity contribution in [3.8, 4) is 23.3 Å². The zero-order valence-electron chi connectivity index (χ0n) is 10.6. The molecular weight excluding hydrogens is 250 g/mol. The van der Waals surface area contributed by atoms with E-state index < -0.39 is 0 Å². The van der Waals surface area contributed by atoms with Gasteiger partial charge in [0.15, 0.2) is 0 Å². The summed E-state index contributed by atoms with van der Waals surface area (Å²) >= 11 is 0. The molecule has 0 bridgehead atoms. The molecule has 5 nitrogen and oxygen atoms in total. The molecule has 0 amide bonds. The minimum atomic E-state index is 0.374. The summed E-state index contributed by atoms with van der Waals surface area (Å²) < 4.78 is 1.84. The Bertz CT molecular complexity index is 781. The van der Waals surface area contributed by atoms with E-state index in [4.69, 9.17) is 11.0 Å². The Hall–Kier alpha value is -3.13. The van der Waals surface area contributed by atoms with Crippen LogP contribution in [0.3, 0.4) is 0 Å².